The molecule has 1 aromatic carbocycles. The molecule has 2 heteroatoms. The predicted octanol–water partition coefficient (Wildman–Crippen LogP) is 4.59. The third-order valence-electron chi connectivity index (χ3n) is 5.16. The highest BCUT2D eigenvalue weighted by Crippen LogP contribution is 2.35. The van der Waals surface area contributed by atoms with Gasteiger partial charge in [-0.25, -0.2) is 0 Å². The Labute approximate surface area is 127 Å². The maximum atomic E-state index is 4.02. The molecule has 4 unspecified atom stereocenters. The van der Waals surface area contributed by atoms with Crippen LogP contribution in [0.1, 0.15) is 56.4 Å². The van der Waals surface area contributed by atoms with Crippen LogP contribution in [-0.4, -0.2) is 23.6 Å². The molecule has 2 aliphatic rings. The first kappa shape index (κ1) is 14.5. The van der Waals surface area contributed by atoms with Gasteiger partial charge in [0.05, 0.1) is 0 Å². The number of hydrogen-bond acceptors (Lipinski definition) is 2. The van der Waals surface area contributed by atoms with Gasteiger partial charge in [0.15, 0.2) is 0 Å². The lowest BCUT2D eigenvalue weighted by Gasteiger charge is -2.35. The summed E-state index contributed by atoms with van der Waals surface area (Å²) in [7, 11) is 0. The first-order valence-electron chi connectivity index (χ1n) is 8.20. The minimum atomic E-state index is 0.705. The van der Waals surface area contributed by atoms with E-state index >= 15 is 0 Å². The third-order valence-corrected chi connectivity index (χ3v) is 6.26. The van der Waals surface area contributed by atoms with Gasteiger partial charge in [-0.05, 0) is 49.8 Å². The van der Waals surface area contributed by atoms with E-state index in [9.17, 15) is 0 Å². The molecule has 0 aromatic heterocycles. The van der Waals surface area contributed by atoms with Crippen molar-refractivity contribution < 1.29 is 0 Å². The summed E-state index contributed by atoms with van der Waals surface area (Å²) in [6, 6.07) is 12.6. The summed E-state index contributed by atoms with van der Waals surface area (Å²) in [6.07, 6.45) is 11.9. The smallest absolute Gasteiger partial charge is 0.0138 e. The zero-order chi connectivity index (χ0) is 13.8. The van der Waals surface area contributed by atoms with Crippen LogP contribution in [0.2, 0.25) is 0 Å². The van der Waals surface area contributed by atoms with Gasteiger partial charge in [-0.2, -0.15) is 11.8 Å². The van der Waals surface area contributed by atoms with Crippen LogP contribution in [-0.2, 0) is 0 Å². The van der Waals surface area contributed by atoms with Crippen LogP contribution in [0.4, 0.5) is 0 Å². The van der Waals surface area contributed by atoms with Crippen LogP contribution >= 0.6 is 11.8 Å². The van der Waals surface area contributed by atoms with E-state index in [0.29, 0.717) is 6.04 Å². The largest absolute Gasteiger partial charge is 0.311 e. The van der Waals surface area contributed by atoms with Gasteiger partial charge in [-0.3, -0.25) is 0 Å². The number of benzene rings is 1. The maximum absolute atomic E-state index is 4.02. The van der Waals surface area contributed by atoms with E-state index < -0.39 is 0 Å². The van der Waals surface area contributed by atoms with Crippen molar-refractivity contribution in [1.29, 1.82) is 0 Å². The lowest BCUT2D eigenvalue weighted by Crippen LogP contribution is -2.42. The Balaban J connectivity index is 1.64. The number of nitrogens with one attached hydrogen (secondary N) is 1. The van der Waals surface area contributed by atoms with Crippen LogP contribution in [0, 0.1) is 0 Å². The molecule has 1 aromatic rings. The van der Waals surface area contributed by atoms with Crippen LogP contribution in [0.25, 0.3) is 0 Å². The minimum Gasteiger partial charge on any atom is -0.311 e. The summed E-state index contributed by atoms with van der Waals surface area (Å²) in [4.78, 5) is 0. The molecule has 20 heavy (non-hydrogen) atoms. The summed E-state index contributed by atoms with van der Waals surface area (Å²) < 4.78 is 0. The van der Waals surface area contributed by atoms with Gasteiger partial charge in [0.2, 0.25) is 0 Å². The monoisotopic (exact) mass is 289 g/mol. The first-order valence-corrected chi connectivity index (χ1v) is 9.49. The van der Waals surface area contributed by atoms with Crippen molar-refractivity contribution in [2.75, 3.05) is 6.26 Å². The van der Waals surface area contributed by atoms with E-state index in [0.717, 1.165) is 17.2 Å². The Kier molecular flexibility index (Phi) is 5.06. The molecular weight excluding hydrogens is 262 g/mol. The van der Waals surface area contributed by atoms with Crippen molar-refractivity contribution >= 4 is 11.8 Å². The molecule has 1 nitrogen and oxygen atoms in total. The standard InChI is InChI=1S/C18H27NS/c1-20-16-12-11-15(13-16)19-18-10-6-5-9-17(18)14-7-3-2-4-8-14/h2-4,7-8,15-19H,5-6,9-13H2,1H3. The van der Waals surface area contributed by atoms with Gasteiger partial charge in [0.1, 0.15) is 0 Å². The fraction of sp³-hybridized carbons (Fsp3) is 0.667. The molecule has 0 bridgehead atoms. The summed E-state index contributed by atoms with van der Waals surface area (Å²) in [6.45, 7) is 0. The van der Waals surface area contributed by atoms with Gasteiger partial charge in [0, 0.05) is 17.3 Å². The molecule has 0 amide bonds. The summed E-state index contributed by atoms with van der Waals surface area (Å²) in [5, 5.41) is 4.91. The summed E-state index contributed by atoms with van der Waals surface area (Å²) >= 11 is 2.06. The zero-order valence-electron chi connectivity index (χ0n) is 12.6. The van der Waals surface area contributed by atoms with Crippen molar-refractivity contribution in [3.8, 4) is 0 Å². The molecule has 110 valence electrons. The fourth-order valence-electron chi connectivity index (χ4n) is 4.04. The van der Waals surface area contributed by atoms with Gasteiger partial charge in [-0.15, -0.1) is 0 Å². The van der Waals surface area contributed by atoms with Crippen LogP contribution in [0.15, 0.2) is 30.3 Å². The Morgan fingerprint density at radius 2 is 1.80 bits per heavy atom. The van der Waals surface area contributed by atoms with Crippen molar-refractivity contribution in [2.24, 2.45) is 0 Å². The van der Waals surface area contributed by atoms with E-state index in [1.54, 1.807) is 5.56 Å². The second-order valence-electron chi connectivity index (χ2n) is 6.44. The van der Waals surface area contributed by atoms with Gasteiger partial charge >= 0.3 is 0 Å². The molecule has 0 radical (unpaired) electrons. The van der Waals surface area contributed by atoms with Gasteiger partial charge < -0.3 is 5.32 Å². The molecule has 0 saturated heterocycles. The normalized spacial score (nSPS) is 34.2. The third kappa shape index (κ3) is 3.40. The van der Waals surface area contributed by atoms with Crippen molar-refractivity contribution in [3.05, 3.63) is 35.9 Å². The second kappa shape index (κ2) is 7.00. The van der Waals surface area contributed by atoms with Gasteiger partial charge in [-0.1, -0.05) is 43.2 Å². The van der Waals surface area contributed by atoms with Gasteiger partial charge in [0.25, 0.3) is 0 Å². The fourth-order valence-corrected chi connectivity index (χ4v) is 4.83. The Bertz CT molecular complexity index is 405. The number of thioether (sulfide) groups is 1. The predicted molar refractivity (Wildman–Crippen MR) is 89.5 cm³/mol. The number of rotatable bonds is 4. The number of hydrogen-bond donors (Lipinski definition) is 1. The zero-order valence-corrected chi connectivity index (χ0v) is 13.4. The maximum Gasteiger partial charge on any atom is 0.0138 e. The van der Waals surface area contributed by atoms with Crippen LogP contribution < -0.4 is 5.32 Å². The molecular formula is C18H27NS. The minimum absolute atomic E-state index is 0.705. The molecule has 2 aliphatic carbocycles. The van der Waals surface area contributed by atoms with Crippen LogP contribution in [0.3, 0.4) is 0 Å². The highest BCUT2D eigenvalue weighted by atomic mass is 32.2. The average Bonchev–Trinajstić information content (AvgIpc) is 2.96. The van der Waals surface area contributed by atoms with E-state index in [4.69, 9.17) is 0 Å². The molecule has 0 spiro atoms. The Hall–Kier alpha value is -0.470. The molecule has 1 N–H and O–H groups in total. The summed E-state index contributed by atoms with van der Waals surface area (Å²) in [5.74, 6) is 0.735. The van der Waals surface area contributed by atoms with E-state index in [1.807, 2.05) is 0 Å². The van der Waals surface area contributed by atoms with E-state index in [2.05, 4.69) is 53.7 Å². The van der Waals surface area contributed by atoms with Crippen molar-refractivity contribution in [1.82, 2.24) is 5.32 Å². The lowest BCUT2D eigenvalue weighted by molar-refractivity contribution is 0.299. The molecule has 0 aliphatic heterocycles. The quantitative estimate of drug-likeness (QED) is 0.870. The molecule has 2 fully saturated rings. The average molecular weight is 289 g/mol. The van der Waals surface area contributed by atoms with Crippen molar-refractivity contribution in [2.45, 2.75) is 68.2 Å². The molecule has 0 heterocycles. The Morgan fingerprint density at radius 3 is 2.55 bits per heavy atom. The first-order chi connectivity index (χ1) is 9.86. The highest BCUT2D eigenvalue weighted by molar-refractivity contribution is 7.99. The topological polar surface area (TPSA) is 12.0 Å². The Morgan fingerprint density at radius 1 is 1.00 bits per heavy atom. The SMILES string of the molecule is CSC1CCC(NC2CCCCC2c2ccccc2)C1. The second-order valence-corrected chi connectivity index (χ2v) is 7.58. The van der Waals surface area contributed by atoms with E-state index in [-0.39, 0.29) is 0 Å². The highest BCUT2D eigenvalue weighted by Gasteiger charge is 2.31. The molecule has 3 rings (SSSR count). The van der Waals surface area contributed by atoms with Crippen LogP contribution in [0.5, 0.6) is 0 Å². The molecule has 4 atom stereocenters. The molecule has 2 saturated carbocycles. The lowest BCUT2D eigenvalue weighted by atomic mass is 9.79. The summed E-state index contributed by atoms with van der Waals surface area (Å²) in [5.41, 5.74) is 1.55. The van der Waals surface area contributed by atoms with Crippen molar-refractivity contribution in [3.63, 3.8) is 0 Å². The van der Waals surface area contributed by atoms with E-state index in [1.165, 1.54) is 44.9 Å².